The minimum Gasteiger partial charge on any atom is -0.398 e. The maximum atomic E-state index is 12.3. The molecule has 7 heteroatoms. The van der Waals surface area contributed by atoms with E-state index in [1.54, 1.807) is 18.2 Å². The van der Waals surface area contributed by atoms with Crippen LogP contribution in [0.3, 0.4) is 0 Å². The molecule has 2 aromatic rings. The highest BCUT2D eigenvalue weighted by molar-refractivity contribution is 9.10. The van der Waals surface area contributed by atoms with Crippen molar-refractivity contribution < 1.29 is 8.42 Å². The Labute approximate surface area is 135 Å². The lowest BCUT2D eigenvalue weighted by molar-refractivity contribution is 0.595. The van der Waals surface area contributed by atoms with E-state index in [4.69, 9.17) is 28.9 Å². The predicted molar refractivity (Wildman–Crippen MR) is 85.9 cm³/mol. The van der Waals surface area contributed by atoms with E-state index < -0.39 is 9.84 Å². The fourth-order valence-corrected chi connectivity index (χ4v) is 4.09. The summed E-state index contributed by atoms with van der Waals surface area (Å²) in [5.74, 6) is -0.195. The minimum atomic E-state index is -3.53. The Morgan fingerprint density at radius 3 is 2.35 bits per heavy atom. The number of anilines is 1. The molecule has 0 atom stereocenters. The SMILES string of the molecule is Nc1ccc(S(=O)(=O)Cc2ccc(Br)cc2Cl)cc1Cl. The normalized spacial score (nSPS) is 11.6. The van der Waals surface area contributed by atoms with Crippen molar-refractivity contribution in [3.05, 3.63) is 56.5 Å². The van der Waals surface area contributed by atoms with Gasteiger partial charge >= 0.3 is 0 Å². The summed E-state index contributed by atoms with van der Waals surface area (Å²) in [5, 5.41) is 0.609. The van der Waals surface area contributed by atoms with Crippen LogP contribution in [-0.2, 0) is 15.6 Å². The molecular formula is C13H10BrCl2NO2S. The van der Waals surface area contributed by atoms with Gasteiger partial charge in [-0.2, -0.15) is 0 Å². The maximum Gasteiger partial charge on any atom is 0.182 e. The lowest BCUT2D eigenvalue weighted by Crippen LogP contribution is -2.06. The van der Waals surface area contributed by atoms with E-state index in [9.17, 15) is 8.42 Å². The number of halogens is 3. The lowest BCUT2D eigenvalue weighted by atomic mass is 10.2. The van der Waals surface area contributed by atoms with Crippen LogP contribution in [0.1, 0.15) is 5.56 Å². The van der Waals surface area contributed by atoms with Crippen LogP contribution in [-0.4, -0.2) is 8.42 Å². The van der Waals surface area contributed by atoms with E-state index in [1.165, 1.54) is 18.2 Å². The van der Waals surface area contributed by atoms with Crippen molar-refractivity contribution in [3.63, 3.8) is 0 Å². The Balaban J connectivity index is 2.38. The van der Waals surface area contributed by atoms with Crippen LogP contribution < -0.4 is 5.73 Å². The van der Waals surface area contributed by atoms with Crippen molar-refractivity contribution in [2.24, 2.45) is 0 Å². The van der Waals surface area contributed by atoms with Crippen LogP contribution in [0.2, 0.25) is 10.0 Å². The molecule has 2 rings (SSSR count). The average Bonchev–Trinajstić information content (AvgIpc) is 2.36. The molecule has 0 unspecified atom stereocenters. The monoisotopic (exact) mass is 393 g/mol. The van der Waals surface area contributed by atoms with E-state index >= 15 is 0 Å². The van der Waals surface area contributed by atoms with E-state index in [-0.39, 0.29) is 15.7 Å². The zero-order valence-corrected chi connectivity index (χ0v) is 14.0. The van der Waals surface area contributed by atoms with Crippen LogP contribution in [0.25, 0.3) is 0 Å². The summed E-state index contributed by atoms with van der Waals surface area (Å²) in [4.78, 5) is 0.121. The molecule has 2 aromatic carbocycles. The fraction of sp³-hybridized carbons (Fsp3) is 0.0769. The standard InChI is InChI=1S/C13H10BrCl2NO2S/c14-9-2-1-8(11(15)5-9)7-20(18,19)10-3-4-13(17)12(16)6-10/h1-6H,7,17H2. The molecule has 0 amide bonds. The Kier molecular flexibility index (Phi) is 4.64. The first kappa shape index (κ1) is 15.6. The molecule has 0 spiro atoms. The summed E-state index contributed by atoms with van der Waals surface area (Å²) < 4.78 is 25.5. The van der Waals surface area contributed by atoms with Crippen molar-refractivity contribution in [2.75, 3.05) is 5.73 Å². The molecule has 2 N–H and O–H groups in total. The van der Waals surface area contributed by atoms with Crippen LogP contribution in [0.15, 0.2) is 45.8 Å². The number of rotatable bonds is 3. The zero-order valence-electron chi connectivity index (χ0n) is 10.1. The zero-order chi connectivity index (χ0) is 14.9. The summed E-state index contributed by atoms with van der Waals surface area (Å²) in [7, 11) is -3.53. The van der Waals surface area contributed by atoms with Gasteiger partial charge in [0.05, 0.1) is 21.4 Å². The van der Waals surface area contributed by atoms with Crippen molar-refractivity contribution in [1.82, 2.24) is 0 Å². The highest BCUT2D eigenvalue weighted by Crippen LogP contribution is 2.28. The van der Waals surface area contributed by atoms with Gasteiger partial charge in [-0.25, -0.2) is 8.42 Å². The molecule has 0 fully saturated rings. The highest BCUT2D eigenvalue weighted by Gasteiger charge is 2.18. The first-order chi connectivity index (χ1) is 9.29. The van der Waals surface area contributed by atoms with Gasteiger partial charge in [0.2, 0.25) is 0 Å². The molecular weight excluding hydrogens is 385 g/mol. The Morgan fingerprint density at radius 2 is 1.75 bits per heavy atom. The van der Waals surface area contributed by atoms with Crippen molar-refractivity contribution in [3.8, 4) is 0 Å². The number of sulfone groups is 1. The third-order valence-electron chi connectivity index (χ3n) is 2.69. The molecule has 0 saturated carbocycles. The molecule has 0 aromatic heterocycles. The van der Waals surface area contributed by atoms with Gasteiger partial charge in [0.25, 0.3) is 0 Å². The molecule has 0 aliphatic heterocycles. The van der Waals surface area contributed by atoms with Crippen molar-refractivity contribution >= 4 is 54.7 Å². The Hall–Kier alpha value is -0.750. The quantitative estimate of drug-likeness (QED) is 0.789. The molecule has 0 heterocycles. The summed E-state index contributed by atoms with van der Waals surface area (Å²) in [6, 6.07) is 9.32. The molecule has 0 radical (unpaired) electrons. The maximum absolute atomic E-state index is 12.3. The third kappa shape index (κ3) is 3.47. The highest BCUT2D eigenvalue weighted by atomic mass is 79.9. The summed E-state index contributed by atoms with van der Waals surface area (Å²) >= 11 is 15.2. The van der Waals surface area contributed by atoms with Gasteiger partial charge in [-0.3, -0.25) is 0 Å². The minimum absolute atomic E-state index is 0.121. The van der Waals surface area contributed by atoms with E-state index in [1.807, 2.05) is 0 Å². The van der Waals surface area contributed by atoms with Gasteiger partial charge in [0, 0.05) is 9.50 Å². The second kappa shape index (κ2) is 5.93. The first-order valence-electron chi connectivity index (χ1n) is 5.51. The number of hydrogen-bond donors (Lipinski definition) is 1. The lowest BCUT2D eigenvalue weighted by Gasteiger charge is -2.08. The van der Waals surface area contributed by atoms with E-state index in [2.05, 4.69) is 15.9 Å². The smallest absolute Gasteiger partial charge is 0.182 e. The van der Waals surface area contributed by atoms with Gasteiger partial charge in [-0.1, -0.05) is 45.2 Å². The number of nitrogens with two attached hydrogens (primary N) is 1. The molecule has 3 nitrogen and oxygen atoms in total. The summed E-state index contributed by atoms with van der Waals surface area (Å²) in [6.07, 6.45) is 0. The van der Waals surface area contributed by atoms with Crippen LogP contribution in [0.5, 0.6) is 0 Å². The second-order valence-electron chi connectivity index (χ2n) is 4.18. The van der Waals surface area contributed by atoms with Gasteiger partial charge in [-0.15, -0.1) is 0 Å². The number of hydrogen-bond acceptors (Lipinski definition) is 3. The Morgan fingerprint density at radius 1 is 1.05 bits per heavy atom. The molecule has 20 heavy (non-hydrogen) atoms. The Bertz CT molecular complexity index is 763. The molecule has 106 valence electrons. The summed E-state index contributed by atoms with van der Waals surface area (Å²) in [5.41, 5.74) is 6.44. The largest absolute Gasteiger partial charge is 0.398 e. The van der Waals surface area contributed by atoms with Crippen molar-refractivity contribution in [2.45, 2.75) is 10.6 Å². The molecule has 0 aliphatic rings. The topological polar surface area (TPSA) is 60.2 Å². The second-order valence-corrected chi connectivity index (χ2v) is 7.90. The van der Waals surface area contributed by atoms with Crippen LogP contribution >= 0.6 is 39.1 Å². The van der Waals surface area contributed by atoms with Gasteiger partial charge in [0.15, 0.2) is 9.84 Å². The molecule has 0 bridgehead atoms. The first-order valence-corrected chi connectivity index (χ1v) is 8.71. The average molecular weight is 395 g/mol. The predicted octanol–water partition coefficient (Wildman–Crippen LogP) is 4.31. The van der Waals surface area contributed by atoms with Gasteiger partial charge < -0.3 is 5.73 Å². The van der Waals surface area contributed by atoms with Crippen LogP contribution in [0, 0.1) is 0 Å². The molecule has 0 aliphatic carbocycles. The van der Waals surface area contributed by atoms with Gasteiger partial charge in [0.1, 0.15) is 0 Å². The fourth-order valence-electron chi connectivity index (χ4n) is 1.63. The van der Waals surface area contributed by atoms with Crippen molar-refractivity contribution in [1.29, 1.82) is 0 Å². The van der Waals surface area contributed by atoms with Gasteiger partial charge in [-0.05, 0) is 35.9 Å². The van der Waals surface area contributed by atoms with E-state index in [0.29, 0.717) is 16.3 Å². The van der Waals surface area contributed by atoms with Crippen LogP contribution in [0.4, 0.5) is 5.69 Å². The third-order valence-corrected chi connectivity index (χ3v) is 5.53. The number of benzene rings is 2. The molecule has 0 saturated heterocycles. The number of nitrogen functional groups attached to an aromatic ring is 1. The van der Waals surface area contributed by atoms with E-state index in [0.717, 1.165) is 4.47 Å². The summed E-state index contributed by atoms with van der Waals surface area (Å²) in [6.45, 7) is 0.